The highest BCUT2D eigenvalue weighted by Crippen LogP contribution is 2.44. The van der Waals surface area contributed by atoms with E-state index in [2.05, 4.69) is 49.3 Å². The van der Waals surface area contributed by atoms with Gasteiger partial charge in [0.25, 0.3) is 0 Å². The predicted molar refractivity (Wildman–Crippen MR) is 159 cm³/mol. The summed E-state index contributed by atoms with van der Waals surface area (Å²) in [4.78, 5) is 25.9. The fourth-order valence-corrected chi connectivity index (χ4v) is 5.52. The lowest BCUT2D eigenvalue weighted by atomic mass is 9.90. The normalized spacial score (nSPS) is 18.4. The number of likely N-dealkylation sites (tertiary alicyclic amines) is 1. The molecule has 2 saturated heterocycles. The molecule has 2 atom stereocenters. The summed E-state index contributed by atoms with van der Waals surface area (Å²) in [6.45, 7) is 11.4. The van der Waals surface area contributed by atoms with Gasteiger partial charge in [-0.2, -0.15) is 4.98 Å². The molecule has 216 valence electrons. The molecule has 1 amide bonds. The molecule has 4 N–H and O–H groups in total. The molecule has 0 saturated carbocycles. The molecule has 3 heterocycles. The minimum Gasteiger partial charge on any atom is -0.494 e. The Bertz CT molecular complexity index is 1490. The number of hydrogen-bond donors (Lipinski definition) is 4. The van der Waals surface area contributed by atoms with Gasteiger partial charge < -0.3 is 35.6 Å². The smallest absolute Gasteiger partial charge is 0.247 e. The first-order valence-corrected chi connectivity index (χ1v) is 13.5. The number of carbonyl (C=O) groups excluding carboxylic acids is 1. The van der Waals surface area contributed by atoms with E-state index in [1.54, 1.807) is 52.3 Å². The van der Waals surface area contributed by atoms with E-state index in [4.69, 9.17) is 4.74 Å². The minimum absolute atomic E-state index is 0.270. The third-order valence-electron chi connectivity index (χ3n) is 7.61. The van der Waals surface area contributed by atoms with Gasteiger partial charge >= 0.3 is 0 Å². The molecular formula is C30H36FN7O3. The third-order valence-corrected chi connectivity index (χ3v) is 7.61. The number of fused-ring (bicyclic) bond motifs is 1. The number of aryl methyl sites for hydroxylation is 1. The fourth-order valence-electron chi connectivity index (χ4n) is 5.52. The number of ether oxygens (including phenoxy) is 1. The summed E-state index contributed by atoms with van der Waals surface area (Å²) in [6.07, 6.45) is 2.82. The van der Waals surface area contributed by atoms with E-state index in [9.17, 15) is 14.3 Å². The average Bonchev–Trinajstić information content (AvgIpc) is 3.20. The van der Waals surface area contributed by atoms with E-state index in [0.717, 1.165) is 25.3 Å². The Balaban J connectivity index is 1.45. The number of likely N-dealkylation sites (N-methyl/N-ethyl adjacent to an activating group) is 1. The Hall–Kier alpha value is -4.22. The molecular weight excluding hydrogens is 525 g/mol. The largest absolute Gasteiger partial charge is 0.494 e. The van der Waals surface area contributed by atoms with E-state index in [1.807, 2.05) is 6.07 Å². The Labute approximate surface area is 239 Å². The van der Waals surface area contributed by atoms with E-state index < -0.39 is 11.4 Å². The highest BCUT2D eigenvalue weighted by atomic mass is 19.1. The van der Waals surface area contributed by atoms with Crippen molar-refractivity contribution in [1.29, 1.82) is 0 Å². The van der Waals surface area contributed by atoms with Gasteiger partial charge in [-0.3, -0.25) is 4.79 Å². The van der Waals surface area contributed by atoms with Crippen LogP contribution >= 0.6 is 0 Å². The van der Waals surface area contributed by atoms with Crippen molar-refractivity contribution < 1.29 is 19.0 Å². The minimum atomic E-state index is -1.28. The van der Waals surface area contributed by atoms with Crippen LogP contribution in [0.2, 0.25) is 0 Å². The molecule has 41 heavy (non-hydrogen) atoms. The third kappa shape index (κ3) is 5.82. The first-order chi connectivity index (χ1) is 19.5. The molecule has 2 aliphatic heterocycles. The highest BCUT2D eigenvalue weighted by molar-refractivity contribution is 6.02. The van der Waals surface area contributed by atoms with E-state index >= 15 is 0 Å². The van der Waals surface area contributed by atoms with Gasteiger partial charge in [-0.05, 0) is 63.7 Å². The van der Waals surface area contributed by atoms with Crippen molar-refractivity contribution in [3.8, 4) is 5.75 Å². The summed E-state index contributed by atoms with van der Waals surface area (Å²) in [7, 11) is 3.71. The summed E-state index contributed by atoms with van der Waals surface area (Å²) < 4.78 is 20.0. The van der Waals surface area contributed by atoms with Crippen LogP contribution in [0.15, 0.2) is 49.2 Å². The molecule has 1 aromatic heterocycles. The lowest BCUT2D eigenvalue weighted by Crippen LogP contribution is -2.56. The van der Waals surface area contributed by atoms with Gasteiger partial charge in [0.2, 0.25) is 11.9 Å². The number of carbonyl (C=O) groups is 1. The number of rotatable bonds is 9. The maximum absolute atomic E-state index is 14.3. The lowest BCUT2D eigenvalue weighted by Gasteiger charge is -2.46. The van der Waals surface area contributed by atoms with Crippen molar-refractivity contribution in [1.82, 2.24) is 14.9 Å². The molecule has 0 radical (unpaired) electrons. The number of halogens is 1. The molecule has 0 aliphatic carbocycles. The monoisotopic (exact) mass is 561 g/mol. The summed E-state index contributed by atoms with van der Waals surface area (Å²) in [5, 5.41) is 19.9. The SMILES string of the molecule is C=CC(=O)Nc1cc(Nc2nccc(Nc3cc(C)c(F)cc3C(C)(C)O)n2)c(OC)cc1N1C[C@@H]2CN(C)C[C@@H]21. The number of hydrogen-bond acceptors (Lipinski definition) is 9. The van der Waals surface area contributed by atoms with Crippen LogP contribution < -0.4 is 25.6 Å². The predicted octanol–water partition coefficient (Wildman–Crippen LogP) is 4.52. The van der Waals surface area contributed by atoms with Crippen LogP contribution in [-0.2, 0) is 10.4 Å². The summed E-state index contributed by atoms with van der Waals surface area (Å²) >= 11 is 0. The maximum Gasteiger partial charge on any atom is 0.247 e. The van der Waals surface area contributed by atoms with Crippen LogP contribution in [0.4, 0.5) is 38.9 Å². The van der Waals surface area contributed by atoms with Crippen LogP contribution in [0.5, 0.6) is 5.75 Å². The van der Waals surface area contributed by atoms with Crippen LogP contribution in [0.3, 0.4) is 0 Å². The van der Waals surface area contributed by atoms with Crippen LogP contribution in [0, 0.1) is 18.7 Å². The average molecular weight is 562 g/mol. The zero-order valence-corrected chi connectivity index (χ0v) is 24.0. The number of amides is 1. The number of aromatic nitrogens is 2. The quantitative estimate of drug-likeness (QED) is 0.280. The molecule has 3 aromatic rings. The number of methoxy groups -OCH3 is 1. The van der Waals surface area contributed by atoms with Gasteiger partial charge in [-0.1, -0.05) is 6.58 Å². The lowest BCUT2D eigenvalue weighted by molar-refractivity contribution is -0.111. The van der Waals surface area contributed by atoms with Crippen molar-refractivity contribution in [3.05, 3.63) is 66.1 Å². The first-order valence-electron chi connectivity index (χ1n) is 13.5. The van der Waals surface area contributed by atoms with Gasteiger partial charge in [-0.15, -0.1) is 0 Å². The second-order valence-corrected chi connectivity index (χ2v) is 11.2. The van der Waals surface area contributed by atoms with E-state index in [-0.39, 0.29) is 11.9 Å². The second-order valence-electron chi connectivity index (χ2n) is 11.2. The summed E-state index contributed by atoms with van der Waals surface area (Å²) in [5.41, 5.74) is 2.14. The van der Waals surface area contributed by atoms with Crippen LogP contribution in [-0.4, -0.2) is 65.7 Å². The standard InChI is InChI=1S/C30H36FN7O3/c1-7-28(39)34-22-12-23(26(41-6)13-24(22)38-15-18-14-37(5)16-25(18)38)35-29-32-9-8-27(36-29)33-21-10-17(2)20(31)11-19(21)30(3,4)40/h7-13,18,25,40H,1,14-16H2,2-6H3,(H,34,39)(H2,32,33,35,36)/t18-,25-/m0/s1. The Kier molecular flexibility index (Phi) is 7.58. The molecule has 2 fully saturated rings. The van der Waals surface area contributed by atoms with Gasteiger partial charge in [0.1, 0.15) is 17.4 Å². The number of nitrogens with zero attached hydrogens (tertiary/aromatic N) is 4. The van der Waals surface area contributed by atoms with Gasteiger partial charge in [0.15, 0.2) is 0 Å². The number of aliphatic hydroxyl groups is 1. The van der Waals surface area contributed by atoms with Gasteiger partial charge in [0, 0.05) is 55.1 Å². The Morgan fingerprint density at radius 3 is 2.63 bits per heavy atom. The van der Waals surface area contributed by atoms with Crippen molar-refractivity contribution >= 4 is 40.4 Å². The second kappa shape index (κ2) is 11.0. The Morgan fingerprint density at radius 1 is 1.17 bits per heavy atom. The molecule has 0 bridgehead atoms. The topological polar surface area (TPSA) is 115 Å². The maximum atomic E-state index is 14.3. The van der Waals surface area contributed by atoms with E-state index in [0.29, 0.717) is 51.7 Å². The van der Waals surface area contributed by atoms with Crippen LogP contribution in [0.25, 0.3) is 0 Å². The highest BCUT2D eigenvalue weighted by Gasteiger charge is 2.45. The number of anilines is 6. The Morgan fingerprint density at radius 2 is 1.95 bits per heavy atom. The van der Waals surface area contributed by atoms with Gasteiger partial charge in [0.05, 0.1) is 29.8 Å². The molecule has 2 aliphatic rings. The van der Waals surface area contributed by atoms with Crippen molar-refractivity contribution in [2.45, 2.75) is 32.4 Å². The van der Waals surface area contributed by atoms with E-state index in [1.165, 1.54) is 12.1 Å². The summed E-state index contributed by atoms with van der Waals surface area (Å²) in [6, 6.07) is 8.73. The fraction of sp³-hybridized carbons (Fsp3) is 0.367. The first kappa shape index (κ1) is 28.3. The summed E-state index contributed by atoms with van der Waals surface area (Å²) in [5.74, 6) is 1.15. The number of nitrogens with one attached hydrogen (secondary N) is 3. The van der Waals surface area contributed by atoms with Crippen LogP contribution in [0.1, 0.15) is 25.0 Å². The zero-order chi connectivity index (χ0) is 29.5. The number of benzene rings is 2. The zero-order valence-electron chi connectivity index (χ0n) is 24.0. The van der Waals surface area contributed by atoms with Gasteiger partial charge in [-0.25, -0.2) is 9.37 Å². The molecule has 0 spiro atoms. The van der Waals surface area contributed by atoms with Crippen molar-refractivity contribution in [2.24, 2.45) is 5.92 Å². The molecule has 0 unspecified atom stereocenters. The molecule has 2 aromatic carbocycles. The molecule has 11 heteroatoms. The van der Waals surface area contributed by atoms with Crippen molar-refractivity contribution in [3.63, 3.8) is 0 Å². The molecule has 5 rings (SSSR count). The van der Waals surface area contributed by atoms with Crippen molar-refractivity contribution in [2.75, 3.05) is 54.6 Å². The molecule has 10 nitrogen and oxygen atoms in total.